The first kappa shape index (κ1) is 13.9. The fraction of sp³-hybridized carbons (Fsp3) is 0.0909. The molecule has 2 aromatic heterocycles. The molecule has 2 heterocycles. The van der Waals surface area contributed by atoms with Crippen LogP contribution in [0.25, 0.3) is 22.0 Å². The molecule has 0 saturated carbocycles. The number of hydrogen-bond acceptors (Lipinski definition) is 5. The van der Waals surface area contributed by atoms with E-state index in [4.69, 9.17) is 23.2 Å². The molecule has 0 bridgehead atoms. The molecule has 0 amide bonds. The van der Waals surface area contributed by atoms with Gasteiger partial charge in [0.25, 0.3) is 0 Å². The predicted octanol–water partition coefficient (Wildman–Crippen LogP) is 4.07. The van der Waals surface area contributed by atoms with Crippen LogP contribution in [0.15, 0.2) is 22.1 Å². The van der Waals surface area contributed by atoms with Crippen LogP contribution < -0.4 is 0 Å². The molecule has 0 aliphatic carbocycles. The van der Waals surface area contributed by atoms with Gasteiger partial charge in [-0.2, -0.15) is 0 Å². The van der Waals surface area contributed by atoms with Gasteiger partial charge in [-0.3, -0.25) is 0 Å². The van der Waals surface area contributed by atoms with Gasteiger partial charge in [-0.25, -0.2) is 9.67 Å². The van der Waals surface area contributed by atoms with Crippen molar-refractivity contribution in [2.24, 2.45) is 7.05 Å². The Balaban J connectivity index is 2.19. The van der Waals surface area contributed by atoms with E-state index in [9.17, 15) is 0 Å². The molecule has 0 aliphatic rings. The summed E-state index contributed by atoms with van der Waals surface area (Å²) in [6, 6.07) is 5.38. The number of aromatic nitrogens is 5. The SMILES string of the molecule is Cn1nnnc1-c1sc(Br)nc1-c1ccc(Cl)c(Cl)c1. The standard InChI is InChI=1S/C11H6BrCl2N5S/c1-19-10(16-17-18-19)9-8(15-11(12)20-9)5-2-3-6(13)7(14)4-5/h2-4H,1H3. The van der Waals surface area contributed by atoms with E-state index in [-0.39, 0.29) is 0 Å². The van der Waals surface area contributed by atoms with E-state index in [2.05, 4.69) is 36.4 Å². The zero-order chi connectivity index (χ0) is 14.3. The van der Waals surface area contributed by atoms with E-state index in [1.165, 1.54) is 11.3 Å². The maximum atomic E-state index is 6.07. The molecular weight excluding hydrogens is 385 g/mol. The van der Waals surface area contributed by atoms with Crippen LogP contribution in [0.4, 0.5) is 0 Å². The average molecular weight is 391 g/mol. The van der Waals surface area contributed by atoms with Gasteiger partial charge < -0.3 is 0 Å². The Morgan fingerprint density at radius 1 is 1.25 bits per heavy atom. The van der Waals surface area contributed by atoms with E-state index in [1.54, 1.807) is 23.9 Å². The van der Waals surface area contributed by atoms with E-state index >= 15 is 0 Å². The summed E-state index contributed by atoms with van der Waals surface area (Å²) in [7, 11) is 1.78. The lowest BCUT2D eigenvalue weighted by Gasteiger charge is -2.03. The summed E-state index contributed by atoms with van der Waals surface area (Å²) >= 11 is 16.9. The maximum Gasteiger partial charge on any atom is 0.194 e. The summed E-state index contributed by atoms with van der Waals surface area (Å²) in [6.07, 6.45) is 0. The third-order valence-electron chi connectivity index (χ3n) is 2.62. The Morgan fingerprint density at radius 3 is 2.70 bits per heavy atom. The Kier molecular flexibility index (Phi) is 3.76. The molecule has 0 N–H and O–H groups in total. The Bertz CT molecular complexity index is 785. The molecule has 102 valence electrons. The van der Waals surface area contributed by atoms with Crippen LogP contribution in [0, 0.1) is 0 Å². The molecule has 1 aromatic carbocycles. The van der Waals surface area contributed by atoms with Crippen LogP contribution in [-0.4, -0.2) is 25.2 Å². The molecule has 0 aliphatic heterocycles. The number of hydrogen-bond donors (Lipinski definition) is 0. The van der Waals surface area contributed by atoms with Crippen LogP contribution in [0.1, 0.15) is 0 Å². The molecule has 0 radical (unpaired) electrons. The first-order valence-corrected chi connectivity index (χ1v) is 7.77. The normalized spacial score (nSPS) is 11.0. The third-order valence-corrected chi connectivity index (χ3v) is 4.86. The van der Waals surface area contributed by atoms with Gasteiger partial charge in [0.1, 0.15) is 4.88 Å². The highest BCUT2D eigenvalue weighted by Gasteiger charge is 2.19. The van der Waals surface area contributed by atoms with Crippen molar-refractivity contribution in [1.29, 1.82) is 0 Å². The second kappa shape index (κ2) is 5.40. The highest BCUT2D eigenvalue weighted by Crippen LogP contribution is 2.39. The smallest absolute Gasteiger partial charge is 0.194 e. The van der Waals surface area contributed by atoms with Crippen LogP contribution in [0.5, 0.6) is 0 Å². The lowest BCUT2D eigenvalue weighted by Crippen LogP contribution is -1.94. The summed E-state index contributed by atoms with van der Waals surface area (Å²) in [4.78, 5) is 5.34. The predicted molar refractivity (Wildman–Crippen MR) is 83.1 cm³/mol. The van der Waals surface area contributed by atoms with E-state index < -0.39 is 0 Å². The summed E-state index contributed by atoms with van der Waals surface area (Å²) in [5.74, 6) is 0.647. The molecule has 9 heteroatoms. The van der Waals surface area contributed by atoms with Crippen molar-refractivity contribution in [3.8, 4) is 22.0 Å². The molecule has 20 heavy (non-hydrogen) atoms. The van der Waals surface area contributed by atoms with Gasteiger partial charge in [-0.1, -0.05) is 29.3 Å². The van der Waals surface area contributed by atoms with Gasteiger partial charge in [0.05, 0.1) is 15.7 Å². The summed E-state index contributed by atoms with van der Waals surface area (Å²) in [5, 5.41) is 12.5. The zero-order valence-corrected chi connectivity index (χ0v) is 13.9. The fourth-order valence-electron chi connectivity index (χ4n) is 1.71. The molecule has 0 spiro atoms. The molecule has 0 atom stereocenters. The molecule has 3 aromatic rings. The zero-order valence-electron chi connectivity index (χ0n) is 10.0. The molecule has 0 saturated heterocycles. The van der Waals surface area contributed by atoms with Gasteiger partial charge in [0.2, 0.25) is 0 Å². The molecule has 0 unspecified atom stereocenters. The highest BCUT2D eigenvalue weighted by atomic mass is 79.9. The van der Waals surface area contributed by atoms with Crippen molar-refractivity contribution in [3.63, 3.8) is 0 Å². The number of benzene rings is 1. The lowest BCUT2D eigenvalue weighted by molar-refractivity contribution is 0.715. The number of nitrogens with zero attached hydrogens (tertiary/aromatic N) is 5. The van der Waals surface area contributed by atoms with Gasteiger partial charge in [-0.15, -0.1) is 16.4 Å². The number of rotatable bonds is 2. The number of halogens is 3. The highest BCUT2D eigenvalue weighted by molar-refractivity contribution is 9.11. The average Bonchev–Trinajstić information content (AvgIpc) is 2.98. The van der Waals surface area contributed by atoms with Crippen LogP contribution in [0.3, 0.4) is 0 Å². The third kappa shape index (κ3) is 2.46. The topological polar surface area (TPSA) is 56.5 Å². The Morgan fingerprint density at radius 2 is 2.05 bits per heavy atom. The maximum absolute atomic E-state index is 6.07. The molecule has 3 rings (SSSR count). The van der Waals surface area contributed by atoms with Crippen molar-refractivity contribution in [2.45, 2.75) is 0 Å². The Hall–Kier alpha value is -1.02. The van der Waals surface area contributed by atoms with E-state index in [0.29, 0.717) is 15.9 Å². The molecule has 5 nitrogen and oxygen atoms in total. The number of tetrazole rings is 1. The van der Waals surface area contributed by atoms with Gasteiger partial charge >= 0.3 is 0 Å². The monoisotopic (exact) mass is 389 g/mol. The quantitative estimate of drug-likeness (QED) is 0.661. The van der Waals surface area contributed by atoms with Crippen LogP contribution >= 0.6 is 50.5 Å². The minimum Gasteiger partial charge on any atom is -0.228 e. The van der Waals surface area contributed by atoms with Crippen molar-refractivity contribution in [1.82, 2.24) is 25.2 Å². The van der Waals surface area contributed by atoms with Crippen molar-refractivity contribution >= 4 is 50.5 Å². The fourth-order valence-corrected chi connectivity index (χ4v) is 3.50. The van der Waals surface area contributed by atoms with Gasteiger partial charge in [0, 0.05) is 12.6 Å². The van der Waals surface area contributed by atoms with Gasteiger partial charge in [-0.05, 0) is 38.5 Å². The first-order valence-electron chi connectivity index (χ1n) is 5.40. The van der Waals surface area contributed by atoms with Crippen molar-refractivity contribution in [2.75, 3.05) is 0 Å². The lowest BCUT2D eigenvalue weighted by atomic mass is 10.1. The van der Waals surface area contributed by atoms with Gasteiger partial charge in [0.15, 0.2) is 9.74 Å². The second-order valence-electron chi connectivity index (χ2n) is 3.90. The van der Waals surface area contributed by atoms with Crippen LogP contribution in [-0.2, 0) is 7.05 Å². The summed E-state index contributed by atoms with van der Waals surface area (Å²) in [6.45, 7) is 0. The van der Waals surface area contributed by atoms with E-state index in [1.807, 2.05) is 6.07 Å². The number of aryl methyl sites for hydroxylation is 1. The van der Waals surface area contributed by atoms with E-state index in [0.717, 1.165) is 20.1 Å². The Labute approximate surface area is 136 Å². The second-order valence-corrected chi connectivity index (χ2v) is 6.99. The first-order chi connectivity index (χ1) is 9.56. The molecular formula is C11H6BrCl2N5S. The number of thiazole rings is 1. The van der Waals surface area contributed by atoms with Crippen molar-refractivity contribution < 1.29 is 0 Å². The summed E-state index contributed by atoms with van der Waals surface area (Å²) in [5.41, 5.74) is 1.62. The molecule has 0 fully saturated rings. The summed E-state index contributed by atoms with van der Waals surface area (Å²) < 4.78 is 2.35. The largest absolute Gasteiger partial charge is 0.228 e. The minimum absolute atomic E-state index is 0.482. The van der Waals surface area contributed by atoms with Crippen molar-refractivity contribution in [3.05, 3.63) is 32.2 Å². The van der Waals surface area contributed by atoms with Crippen LogP contribution in [0.2, 0.25) is 10.0 Å². The minimum atomic E-state index is 0.482.